The van der Waals surface area contributed by atoms with Crippen molar-refractivity contribution in [3.8, 4) is 0 Å². The molecule has 24 heavy (non-hydrogen) atoms. The minimum absolute atomic E-state index is 0.250. The van der Waals surface area contributed by atoms with Crippen molar-refractivity contribution in [3.05, 3.63) is 73.7 Å². The molecule has 2 rings (SSSR count). The van der Waals surface area contributed by atoms with Gasteiger partial charge in [0.2, 0.25) is 6.20 Å². The van der Waals surface area contributed by atoms with Gasteiger partial charge < -0.3 is 9.72 Å². The van der Waals surface area contributed by atoms with E-state index in [4.69, 9.17) is 16.3 Å². The molecule has 0 saturated heterocycles. The van der Waals surface area contributed by atoms with Crippen molar-refractivity contribution < 1.29 is 14.5 Å². The van der Waals surface area contributed by atoms with Gasteiger partial charge in [0.05, 0.1) is 17.1 Å². The first-order valence-electron chi connectivity index (χ1n) is 7.37. The topological polar surface area (TPSA) is 85.2 Å². The second-order valence-electron chi connectivity index (χ2n) is 5.15. The van der Waals surface area contributed by atoms with Crippen LogP contribution in [0.5, 0.6) is 0 Å². The van der Waals surface area contributed by atoms with E-state index < -0.39 is 10.9 Å². The molecule has 2 aromatic rings. The Morgan fingerprint density at radius 3 is 2.83 bits per heavy atom. The highest BCUT2D eigenvalue weighted by Crippen LogP contribution is 2.25. The van der Waals surface area contributed by atoms with Crippen LogP contribution >= 0.6 is 11.6 Å². The first kappa shape index (κ1) is 17.7. The highest BCUT2D eigenvalue weighted by Gasteiger charge is 2.21. The second-order valence-corrected chi connectivity index (χ2v) is 5.58. The van der Waals surface area contributed by atoms with Gasteiger partial charge in [0.25, 0.3) is 0 Å². The molecule has 0 amide bonds. The number of halogens is 1. The summed E-state index contributed by atoms with van der Waals surface area (Å²) < 4.78 is 5.11. The summed E-state index contributed by atoms with van der Waals surface area (Å²) in [5.41, 5.74) is 3.05. The van der Waals surface area contributed by atoms with Crippen LogP contribution in [0.3, 0.4) is 0 Å². The van der Waals surface area contributed by atoms with Crippen molar-refractivity contribution in [2.45, 2.75) is 20.3 Å². The molecule has 0 bridgehead atoms. The molecule has 1 aromatic carbocycles. The van der Waals surface area contributed by atoms with Gasteiger partial charge in [-0.25, -0.2) is 4.79 Å². The van der Waals surface area contributed by atoms with Gasteiger partial charge in [0, 0.05) is 28.9 Å². The first-order valence-corrected chi connectivity index (χ1v) is 7.74. The van der Waals surface area contributed by atoms with Gasteiger partial charge in [-0.2, -0.15) is 0 Å². The zero-order chi connectivity index (χ0) is 17.7. The lowest BCUT2D eigenvalue weighted by atomic mass is 10.00. The smallest absolute Gasteiger partial charge is 0.340 e. The number of nitrogens with zero attached hydrogens (tertiary/aromatic N) is 1. The molecule has 6 nitrogen and oxygen atoms in total. The molecule has 0 spiro atoms. The maximum absolute atomic E-state index is 12.3. The number of aromatic nitrogens is 1. The molecular formula is C17H17ClN2O4. The van der Waals surface area contributed by atoms with E-state index >= 15 is 0 Å². The predicted octanol–water partition coefficient (Wildman–Crippen LogP) is 3.99. The van der Waals surface area contributed by atoms with E-state index in [1.54, 1.807) is 26.0 Å². The van der Waals surface area contributed by atoms with E-state index in [-0.39, 0.29) is 6.61 Å². The predicted molar refractivity (Wildman–Crippen MR) is 91.8 cm³/mol. The number of carbonyl (C=O) groups excluding carboxylic acids is 1. The molecule has 0 fully saturated rings. The Kier molecular flexibility index (Phi) is 5.76. The molecule has 0 unspecified atom stereocenters. The Morgan fingerprint density at radius 2 is 2.21 bits per heavy atom. The van der Waals surface area contributed by atoms with Crippen molar-refractivity contribution in [1.29, 1.82) is 0 Å². The van der Waals surface area contributed by atoms with Gasteiger partial charge in [-0.1, -0.05) is 23.7 Å². The van der Waals surface area contributed by atoms with Gasteiger partial charge in [-0.05, 0) is 37.1 Å². The van der Waals surface area contributed by atoms with Crippen LogP contribution in [0.2, 0.25) is 5.02 Å². The van der Waals surface area contributed by atoms with Gasteiger partial charge in [-0.15, -0.1) is 0 Å². The number of hydrogen-bond acceptors (Lipinski definition) is 4. The third kappa shape index (κ3) is 4.23. The Balaban J connectivity index is 2.50. The minimum atomic E-state index is -0.552. The van der Waals surface area contributed by atoms with Crippen LogP contribution in [-0.2, 0) is 11.2 Å². The fourth-order valence-electron chi connectivity index (χ4n) is 2.49. The Labute approximate surface area is 144 Å². The molecule has 0 saturated carbocycles. The molecule has 1 heterocycles. The number of hydrogen-bond donors (Lipinski definition) is 1. The lowest BCUT2D eigenvalue weighted by Crippen LogP contribution is -2.08. The summed E-state index contributed by atoms with van der Waals surface area (Å²) in [7, 11) is 0. The van der Waals surface area contributed by atoms with Gasteiger partial charge in [0.1, 0.15) is 0 Å². The highest BCUT2D eigenvalue weighted by atomic mass is 35.5. The van der Waals surface area contributed by atoms with Crippen LogP contribution in [0.25, 0.3) is 6.08 Å². The summed E-state index contributed by atoms with van der Waals surface area (Å²) in [5.74, 6) is -0.455. The minimum Gasteiger partial charge on any atom is -0.462 e. The van der Waals surface area contributed by atoms with Gasteiger partial charge in [-0.3, -0.25) is 10.1 Å². The average molecular weight is 349 g/mol. The number of aromatic amines is 1. The summed E-state index contributed by atoms with van der Waals surface area (Å²) in [6, 6.07) is 7.24. The second kappa shape index (κ2) is 7.79. The van der Waals surface area contributed by atoms with E-state index in [1.807, 2.05) is 12.1 Å². The molecule has 0 aliphatic carbocycles. The maximum atomic E-state index is 12.3. The van der Waals surface area contributed by atoms with Crippen molar-refractivity contribution in [2.24, 2.45) is 0 Å². The third-order valence-electron chi connectivity index (χ3n) is 3.44. The lowest BCUT2D eigenvalue weighted by Gasteiger charge is -2.07. The fourth-order valence-corrected chi connectivity index (χ4v) is 2.71. The van der Waals surface area contributed by atoms with Crippen LogP contribution in [0.15, 0.2) is 30.5 Å². The van der Waals surface area contributed by atoms with E-state index in [1.165, 1.54) is 6.08 Å². The molecule has 7 heteroatoms. The monoisotopic (exact) mass is 348 g/mol. The number of H-pyrrole nitrogens is 1. The zero-order valence-electron chi connectivity index (χ0n) is 13.3. The summed E-state index contributed by atoms with van der Waals surface area (Å²) in [4.78, 5) is 25.3. The van der Waals surface area contributed by atoms with Crippen molar-refractivity contribution >= 4 is 23.6 Å². The van der Waals surface area contributed by atoms with E-state index in [9.17, 15) is 14.9 Å². The Hall–Kier alpha value is -2.60. The van der Waals surface area contributed by atoms with Crippen LogP contribution in [0.4, 0.5) is 0 Å². The number of ether oxygens (including phenoxy) is 1. The molecule has 1 aromatic heterocycles. The standard InChI is InChI=1S/C17H17ClN2O4/c1-3-24-17(21)16-11(2)19-15(7-8-20(22)23)14(16)10-12-5-4-6-13(18)9-12/h4-9,19H,3,10H2,1-2H3/b8-7+. The van der Waals surface area contributed by atoms with Crippen LogP contribution in [-0.4, -0.2) is 22.5 Å². The normalized spacial score (nSPS) is 11.0. The number of esters is 1. The number of nitrogens with one attached hydrogen (secondary N) is 1. The number of rotatable bonds is 6. The summed E-state index contributed by atoms with van der Waals surface area (Å²) >= 11 is 6.01. The molecule has 0 aliphatic heterocycles. The van der Waals surface area contributed by atoms with Crippen molar-refractivity contribution in [1.82, 2.24) is 4.98 Å². The fraction of sp³-hybridized carbons (Fsp3) is 0.235. The average Bonchev–Trinajstić information content (AvgIpc) is 2.81. The van der Waals surface area contributed by atoms with Crippen molar-refractivity contribution in [3.63, 3.8) is 0 Å². The van der Waals surface area contributed by atoms with E-state index in [0.29, 0.717) is 34.0 Å². The van der Waals surface area contributed by atoms with Crippen LogP contribution in [0.1, 0.15) is 39.8 Å². The molecular weight excluding hydrogens is 332 g/mol. The largest absolute Gasteiger partial charge is 0.462 e. The maximum Gasteiger partial charge on any atom is 0.340 e. The van der Waals surface area contributed by atoms with E-state index in [2.05, 4.69) is 4.98 Å². The SMILES string of the molecule is CCOC(=O)c1c(C)[nH]c(/C=C/[N+](=O)[O-])c1Cc1cccc(Cl)c1. The van der Waals surface area contributed by atoms with Gasteiger partial charge >= 0.3 is 5.97 Å². The molecule has 126 valence electrons. The Morgan fingerprint density at radius 1 is 1.46 bits per heavy atom. The summed E-state index contributed by atoms with van der Waals surface area (Å²) in [6.07, 6.45) is 2.58. The highest BCUT2D eigenvalue weighted by molar-refractivity contribution is 6.30. The lowest BCUT2D eigenvalue weighted by molar-refractivity contribution is -0.401. The van der Waals surface area contributed by atoms with Gasteiger partial charge in [0.15, 0.2) is 0 Å². The van der Waals surface area contributed by atoms with Crippen molar-refractivity contribution in [2.75, 3.05) is 6.61 Å². The first-order chi connectivity index (χ1) is 11.4. The molecule has 0 aliphatic rings. The number of nitro groups is 1. The third-order valence-corrected chi connectivity index (χ3v) is 3.67. The number of aryl methyl sites for hydroxylation is 1. The number of carbonyl (C=O) groups is 1. The molecule has 1 N–H and O–H groups in total. The van der Waals surface area contributed by atoms with Crippen LogP contribution < -0.4 is 0 Å². The zero-order valence-corrected chi connectivity index (χ0v) is 14.1. The number of benzene rings is 1. The Bertz CT molecular complexity index is 796. The summed E-state index contributed by atoms with van der Waals surface area (Å²) in [6.45, 7) is 3.71. The van der Waals surface area contributed by atoms with E-state index in [0.717, 1.165) is 11.8 Å². The summed E-state index contributed by atoms with van der Waals surface area (Å²) in [5, 5.41) is 11.2. The quantitative estimate of drug-likeness (QED) is 0.486. The molecule has 0 radical (unpaired) electrons. The molecule has 0 atom stereocenters. The van der Waals surface area contributed by atoms with Crippen LogP contribution in [0, 0.1) is 17.0 Å².